The maximum atomic E-state index is 5.91. The zero-order valence-corrected chi connectivity index (χ0v) is 37.3. The lowest BCUT2D eigenvalue weighted by molar-refractivity contribution is 0.120. The Hall–Kier alpha value is -5.21. The molecule has 3 aliphatic heterocycles. The molecule has 5 aromatic rings. The molecule has 1 unspecified atom stereocenters. The quantitative estimate of drug-likeness (QED) is 0.0553. The lowest BCUT2D eigenvalue weighted by Crippen LogP contribution is -2.33. The maximum Gasteiger partial charge on any atom is 0.229 e. The third kappa shape index (κ3) is 16.6. The number of hydrogen-bond donors (Lipinski definition) is 4. The minimum Gasteiger partial charge on any atom is -0.492 e. The predicted octanol–water partition coefficient (Wildman–Crippen LogP) is 9.17. The summed E-state index contributed by atoms with van der Waals surface area (Å²) in [5, 5.41) is 10.2. The number of nitrogens with zero attached hydrogens (tertiary/aromatic N) is 6. The minimum absolute atomic E-state index is 0.265. The van der Waals surface area contributed by atoms with E-state index in [-0.39, 0.29) is 11.4 Å². The second-order valence-electron chi connectivity index (χ2n) is 16.0. The van der Waals surface area contributed by atoms with Gasteiger partial charge in [0.05, 0.1) is 6.10 Å². The average Bonchev–Trinajstić information content (AvgIpc) is 3.84. The Bertz CT molecular complexity index is 2010. The Kier molecular flexibility index (Phi) is 19.2. The highest BCUT2D eigenvalue weighted by Crippen LogP contribution is 2.22. The van der Waals surface area contributed by atoms with E-state index in [4.69, 9.17) is 31.5 Å². The van der Waals surface area contributed by atoms with Gasteiger partial charge in [-0.2, -0.15) is 4.98 Å². The van der Waals surface area contributed by atoms with Crippen molar-refractivity contribution in [3.8, 4) is 11.5 Å². The van der Waals surface area contributed by atoms with E-state index in [1.54, 1.807) is 6.20 Å². The van der Waals surface area contributed by atoms with Gasteiger partial charge in [0.25, 0.3) is 0 Å². The molecular formula is C48H65ClN10O3. The SMILES string of the molecule is Cc1cnc(Cl)nc1NCc1ccccc1.Cc1cnc(Nc2ccc(OCCN3CCCCC3)cc2)nc1NCC1CCCO1.Nc1ccc(OCCN2CCCCC2)cc1. The van der Waals surface area contributed by atoms with E-state index in [1.807, 2.05) is 86.8 Å². The van der Waals surface area contributed by atoms with E-state index in [9.17, 15) is 0 Å². The molecule has 0 saturated carbocycles. The van der Waals surface area contributed by atoms with Gasteiger partial charge in [0, 0.05) is 67.7 Å². The first-order chi connectivity index (χ1) is 30.4. The van der Waals surface area contributed by atoms with Crippen LogP contribution in [-0.4, -0.2) is 101 Å². The monoisotopic (exact) mass is 864 g/mol. The van der Waals surface area contributed by atoms with E-state index >= 15 is 0 Å². The van der Waals surface area contributed by atoms with Crippen molar-refractivity contribution in [3.63, 3.8) is 0 Å². The van der Waals surface area contributed by atoms with Crippen molar-refractivity contribution in [3.05, 3.63) is 113 Å². The summed E-state index contributed by atoms with van der Waals surface area (Å²) in [6.45, 7) is 14.7. The van der Waals surface area contributed by atoms with Crippen LogP contribution in [0.25, 0.3) is 0 Å². The highest BCUT2D eigenvalue weighted by molar-refractivity contribution is 6.28. The summed E-state index contributed by atoms with van der Waals surface area (Å²) in [4.78, 5) is 22.0. The number of rotatable bonds is 16. The van der Waals surface area contributed by atoms with Gasteiger partial charge >= 0.3 is 0 Å². The molecule has 13 nitrogen and oxygen atoms in total. The predicted molar refractivity (Wildman–Crippen MR) is 252 cm³/mol. The number of aryl methyl sites for hydroxylation is 2. The number of ether oxygens (including phenoxy) is 3. The number of halogens is 1. The molecule has 2 aromatic heterocycles. The third-order valence-electron chi connectivity index (χ3n) is 11.0. The Labute approximate surface area is 373 Å². The topological polar surface area (TPSA) is 148 Å². The summed E-state index contributed by atoms with van der Waals surface area (Å²) in [6, 6.07) is 25.7. The maximum absolute atomic E-state index is 5.91. The summed E-state index contributed by atoms with van der Waals surface area (Å²) in [5.74, 6) is 4.01. The first kappa shape index (κ1) is 46.3. The van der Waals surface area contributed by atoms with Crippen LogP contribution in [0.3, 0.4) is 0 Å². The van der Waals surface area contributed by atoms with Crippen molar-refractivity contribution in [2.45, 2.75) is 77.9 Å². The highest BCUT2D eigenvalue weighted by Gasteiger charge is 2.16. The molecule has 14 heteroatoms. The third-order valence-corrected chi connectivity index (χ3v) is 11.2. The molecule has 332 valence electrons. The molecule has 0 spiro atoms. The average molecular weight is 866 g/mol. The standard InChI is InChI=1S/C23H33N5O2.C13H20N2O.C12H12ClN3/c1-18-16-25-23(27-22(18)24-17-21-6-5-14-29-21)26-19-7-9-20(10-8-19)30-15-13-28-11-3-2-4-12-28;14-12-4-6-13(7-5-12)16-11-10-15-8-2-1-3-9-15;1-9-7-15-12(13)16-11(9)14-8-10-5-3-2-4-6-10/h7-10,16,21H,2-6,11-15,17H2,1H3,(H2,24,25,26,27);4-7H,1-3,8-11,14H2;2-7H,8H2,1H3,(H,14,15,16). The fourth-order valence-corrected chi connectivity index (χ4v) is 7.49. The van der Waals surface area contributed by atoms with E-state index in [1.165, 1.54) is 70.3 Å². The van der Waals surface area contributed by atoms with Crippen molar-refractivity contribution in [2.75, 3.05) is 87.3 Å². The Morgan fingerprint density at radius 1 is 0.694 bits per heavy atom. The fraction of sp³-hybridized carbons (Fsp3) is 0.458. The van der Waals surface area contributed by atoms with Crippen molar-refractivity contribution in [1.82, 2.24) is 29.7 Å². The van der Waals surface area contributed by atoms with E-state index in [2.05, 4.69) is 57.8 Å². The van der Waals surface area contributed by atoms with Gasteiger partial charge < -0.3 is 35.9 Å². The lowest BCUT2D eigenvalue weighted by Gasteiger charge is -2.26. The molecule has 5 N–H and O–H groups in total. The van der Waals surface area contributed by atoms with Gasteiger partial charge in [-0.25, -0.2) is 15.0 Å². The van der Waals surface area contributed by atoms with Crippen molar-refractivity contribution < 1.29 is 14.2 Å². The van der Waals surface area contributed by atoms with Gasteiger partial charge in [-0.05, 0) is 144 Å². The smallest absolute Gasteiger partial charge is 0.229 e. The first-order valence-corrected chi connectivity index (χ1v) is 22.6. The molecular weight excluding hydrogens is 800 g/mol. The molecule has 5 heterocycles. The first-order valence-electron chi connectivity index (χ1n) is 22.3. The number of likely N-dealkylation sites (tertiary alicyclic amines) is 2. The van der Waals surface area contributed by atoms with E-state index in [0.717, 1.165) is 104 Å². The van der Waals surface area contributed by atoms with Crippen LogP contribution < -0.4 is 31.2 Å². The van der Waals surface area contributed by atoms with Crippen molar-refractivity contribution in [1.29, 1.82) is 0 Å². The molecule has 1 atom stereocenters. The van der Waals surface area contributed by atoms with Crippen LogP contribution in [-0.2, 0) is 11.3 Å². The van der Waals surface area contributed by atoms with Gasteiger partial charge in [0.15, 0.2) is 0 Å². The van der Waals surface area contributed by atoms with Crippen LogP contribution >= 0.6 is 11.6 Å². The highest BCUT2D eigenvalue weighted by atomic mass is 35.5. The summed E-state index contributed by atoms with van der Waals surface area (Å²) < 4.78 is 17.3. The number of benzene rings is 3. The normalized spacial score (nSPS) is 16.5. The lowest BCUT2D eigenvalue weighted by atomic mass is 10.1. The Morgan fingerprint density at radius 3 is 1.87 bits per heavy atom. The molecule has 3 aliphatic rings. The summed E-state index contributed by atoms with van der Waals surface area (Å²) in [7, 11) is 0. The Morgan fingerprint density at radius 2 is 1.27 bits per heavy atom. The van der Waals surface area contributed by atoms with Gasteiger partial charge in [0.1, 0.15) is 36.3 Å². The van der Waals surface area contributed by atoms with Gasteiger partial charge in [0.2, 0.25) is 11.2 Å². The number of nitrogens with one attached hydrogen (secondary N) is 3. The van der Waals surface area contributed by atoms with Crippen LogP contribution in [0.15, 0.2) is 91.3 Å². The number of piperidine rings is 2. The van der Waals surface area contributed by atoms with Crippen LogP contribution in [0, 0.1) is 13.8 Å². The van der Waals surface area contributed by atoms with E-state index < -0.39 is 0 Å². The molecule has 0 aliphatic carbocycles. The minimum atomic E-state index is 0.265. The zero-order valence-electron chi connectivity index (χ0n) is 36.5. The second-order valence-corrected chi connectivity index (χ2v) is 16.3. The van der Waals surface area contributed by atoms with Crippen LogP contribution in [0.5, 0.6) is 11.5 Å². The van der Waals surface area contributed by atoms with Crippen LogP contribution in [0.1, 0.15) is 68.1 Å². The van der Waals surface area contributed by atoms with Crippen LogP contribution in [0.4, 0.5) is 29.0 Å². The number of hydrogen-bond acceptors (Lipinski definition) is 13. The summed E-state index contributed by atoms with van der Waals surface area (Å²) in [6.07, 6.45) is 14.1. The molecule has 3 aromatic carbocycles. The number of nitrogens with two attached hydrogens (primary N) is 1. The molecule has 0 bridgehead atoms. The number of nitrogen functional groups attached to an aromatic ring is 1. The van der Waals surface area contributed by atoms with Gasteiger partial charge in [-0.15, -0.1) is 0 Å². The molecule has 3 fully saturated rings. The molecule has 8 rings (SSSR count). The van der Waals surface area contributed by atoms with Crippen molar-refractivity contribution >= 4 is 40.6 Å². The van der Waals surface area contributed by atoms with E-state index in [0.29, 0.717) is 5.95 Å². The summed E-state index contributed by atoms with van der Waals surface area (Å²) in [5.41, 5.74) is 10.5. The summed E-state index contributed by atoms with van der Waals surface area (Å²) >= 11 is 5.74. The van der Waals surface area contributed by atoms with Crippen LogP contribution in [0.2, 0.25) is 5.28 Å². The van der Waals surface area contributed by atoms with Gasteiger partial charge in [-0.3, -0.25) is 9.80 Å². The largest absolute Gasteiger partial charge is 0.492 e. The Balaban J connectivity index is 0.000000169. The van der Waals surface area contributed by atoms with Gasteiger partial charge in [-0.1, -0.05) is 43.2 Å². The molecule has 0 radical (unpaired) electrons. The second kappa shape index (κ2) is 25.7. The molecule has 3 saturated heterocycles. The molecule has 0 amide bonds. The molecule has 62 heavy (non-hydrogen) atoms. The fourth-order valence-electron chi connectivity index (χ4n) is 7.36. The number of aromatic nitrogens is 4. The van der Waals surface area contributed by atoms with Crippen molar-refractivity contribution in [2.24, 2.45) is 0 Å². The zero-order chi connectivity index (χ0) is 43.2. The number of anilines is 5.